The van der Waals surface area contributed by atoms with Gasteiger partial charge in [-0.15, -0.1) is 0 Å². The number of hydrogen-bond acceptors (Lipinski definition) is 7. The summed E-state index contributed by atoms with van der Waals surface area (Å²) in [7, 11) is 4.47. The predicted octanol–water partition coefficient (Wildman–Crippen LogP) is 1.05. The van der Waals surface area contributed by atoms with E-state index in [9.17, 15) is 9.59 Å². The topological polar surface area (TPSA) is 112 Å². The van der Waals surface area contributed by atoms with Crippen molar-refractivity contribution < 1.29 is 23.8 Å². The van der Waals surface area contributed by atoms with Crippen LogP contribution in [0, 0.1) is 0 Å². The van der Waals surface area contributed by atoms with Crippen LogP contribution in [0.15, 0.2) is 30.7 Å². The largest absolute Gasteiger partial charge is 0.493 e. The van der Waals surface area contributed by atoms with Crippen molar-refractivity contribution in [3.8, 4) is 17.2 Å². The molecule has 1 aromatic heterocycles. The number of amides is 2. The molecule has 0 aliphatic carbocycles. The number of rotatable bonds is 9. The molecular weight excluding hydrogens is 352 g/mol. The van der Waals surface area contributed by atoms with Gasteiger partial charge in [0.2, 0.25) is 5.75 Å². The molecule has 9 heteroatoms. The minimum Gasteiger partial charge on any atom is -0.493 e. The first-order valence-corrected chi connectivity index (χ1v) is 8.23. The van der Waals surface area contributed by atoms with Crippen LogP contribution in [0.5, 0.6) is 17.2 Å². The fourth-order valence-electron chi connectivity index (χ4n) is 2.31. The maximum absolute atomic E-state index is 12.3. The summed E-state index contributed by atoms with van der Waals surface area (Å²) in [4.78, 5) is 31.9. The summed E-state index contributed by atoms with van der Waals surface area (Å²) in [6.07, 6.45) is 4.89. The number of hydrogen-bond donors (Lipinski definition) is 2. The van der Waals surface area contributed by atoms with Crippen LogP contribution in [0.4, 0.5) is 0 Å². The zero-order valence-corrected chi connectivity index (χ0v) is 15.4. The third kappa shape index (κ3) is 5.30. The van der Waals surface area contributed by atoms with Crippen molar-refractivity contribution in [3.63, 3.8) is 0 Å². The Balaban J connectivity index is 1.84. The summed E-state index contributed by atoms with van der Waals surface area (Å²) in [5.74, 6) is 0.633. The minimum atomic E-state index is -0.306. The molecule has 0 saturated carbocycles. The molecule has 0 bridgehead atoms. The van der Waals surface area contributed by atoms with E-state index in [1.54, 1.807) is 12.1 Å². The molecule has 0 radical (unpaired) electrons. The molecule has 0 aliphatic heterocycles. The Bertz CT molecular complexity index is 758. The lowest BCUT2D eigenvalue weighted by atomic mass is 10.1. The fourth-order valence-corrected chi connectivity index (χ4v) is 2.31. The Morgan fingerprint density at radius 1 is 0.926 bits per heavy atom. The highest BCUT2D eigenvalue weighted by atomic mass is 16.5. The van der Waals surface area contributed by atoms with E-state index in [1.807, 2.05) is 0 Å². The second-order valence-corrected chi connectivity index (χ2v) is 5.37. The van der Waals surface area contributed by atoms with Crippen LogP contribution in [0.2, 0.25) is 0 Å². The number of carbonyl (C=O) groups is 2. The molecule has 9 nitrogen and oxygen atoms in total. The van der Waals surface area contributed by atoms with Gasteiger partial charge in [-0.25, -0.2) is 4.98 Å². The van der Waals surface area contributed by atoms with Gasteiger partial charge < -0.3 is 24.8 Å². The number of carbonyl (C=O) groups excluding carboxylic acids is 2. The normalized spacial score (nSPS) is 10.0. The Hall–Kier alpha value is -3.36. The quantitative estimate of drug-likeness (QED) is 0.631. The zero-order chi connectivity index (χ0) is 19.6. The van der Waals surface area contributed by atoms with Gasteiger partial charge in [-0.2, -0.15) is 0 Å². The Morgan fingerprint density at radius 3 is 2.07 bits per heavy atom. The molecule has 27 heavy (non-hydrogen) atoms. The van der Waals surface area contributed by atoms with E-state index in [2.05, 4.69) is 20.6 Å². The molecule has 0 unspecified atom stereocenters. The van der Waals surface area contributed by atoms with E-state index >= 15 is 0 Å². The van der Waals surface area contributed by atoms with E-state index in [0.29, 0.717) is 42.3 Å². The van der Waals surface area contributed by atoms with E-state index in [1.165, 1.54) is 39.9 Å². The minimum absolute atomic E-state index is 0.249. The van der Waals surface area contributed by atoms with Gasteiger partial charge in [0, 0.05) is 31.0 Å². The lowest BCUT2D eigenvalue weighted by Crippen LogP contribution is -2.30. The average molecular weight is 374 g/mol. The standard InChI is InChI=1S/C18H22N4O5/c1-25-14-9-12(10-15(26-2)16(14)27-3)17(23)21-5-4-6-22-18(24)13-11-19-7-8-20-13/h7-11H,4-6H2,1-3H3,(H,21,23)(H,22,24). The van der Waals surface area contributed by atoms with Crippen LogP contribution < -0.4 is 24.8 Å². The molecule has 2 rings (SSSR count). The van der Waals surface area contributed by atoms with Crippen molar-refractivity contribution in [2.75, 3.05) is 34.4 Å². The third-order valence-electron chi connectivity index (χ3n) is 3.65. The average Bonchev–Trinajstić information content (AvgIpc) is 2.72. The summed E-state index contributed by atoms with van der Waals surface area (Å²) in [5, 5.41) is 5.50. The highest BCUT2D eigenvalue weighted by Crippen LogP contribution is 2.38. The summed E-state index contributed by atoms with van der Waals surface area (Å²) in [6, 6.07) is 3.15. The summed E-state index contributed by atoms with van der Waals surface area (Å²) >= 11 is 0. The molecule has 0 aliphatic rings. The first-order valence-electron chi connectivity index (χ1n) is 8.23. The van der Waals surface area contributed by atoms with Gasteiger partial charge in [-0.1, -0.05) is 0 Å². The van der Waals surface area contributed by atoms with Crippen LogP contribution in [-0.2, 0) is 0 Å². The number of ether oxygens (including phenoxy) is 3. The summed E-state index contributed by atoms with van der Waals surface area (Å²) in [6.45, 7) is 0.779. The molecule has 0 saturated heterocycles. The fraction of sp³-hybridized carbons (Fsp3) is 0.333. The molecule has 144 valence electrons. The van der Waals surface area contributed by atoms with Gasteiger partial charge in [-0.05, 0) is 18.6 Å². The highest BCUT2D eigenvalue weighted by Gasteiger charge is 2.16. The van der Waals surface area contributed by atoms with Crippen LogP contribution in [0.25, 0.3) is 0 Å². The van der Waals surface area contributed by atoms with Crippen molar-refractivity contribution in [1.29, 1.82) is 0 Å². The first-order chi connectivity index (χ1) is 13.1. The molecule has 0 spiro atoms. The van der Waals surface area contributed by atoms with Crippen molar-refractivity contribution >= 4 is 11.8 Å². The van der Waals surface area contributed by atoms with Crippen molar-refractivity contribution in [3.05, 3.63) is 42.0 Å². The zero-order valence-electron chi connectivity index (χ0n) is 15.4. The summed E-state index contributed by atoms with van der Waals surface area (Å²) < 4.78 is 15.7. The van der Waals surface area contributed by atoms with E-state index < -0.39 is 0 Å². The van der Waals surface area contributed by atoms with Gasteiger partial charge in [0.15, 0.2) is 11.5 Å². The van der Waals surface area contributed by atoms with Crippen LogP contribution in [-0.4, -0.2) is 56.2 Å². The molecule has 1 aromatic carbocycles. The predicted molar refractivity (Wildman–Crippen MR) is 97.4 cm³/mol. The second-order valence-electron chi connectivity index (χ2n) is 5.37. The lowest BCUT2D eigenvalue weighted by molar-refractivity contribution is 0.0947. The van der Waals surface area contributed by atoms with Gasteiger partial charge in [0.1, 0.15) is 5.69 Å². The number of methoxy groups -OCH3 is 3. The van der Waals surface area contributed by atoms with Crippen LogP contribution in [0.3, 0.4) is 0 Å². The van der Waals surface area contributed by atoms with E-state index in [4.69, 9.17) is 14.2 Å². The van der Waals surface area contributed by atoms with E-state index in [0.717, 1.165) is 0 Å². The molecular formula is C18H22N4O5. The molecule has 2 aromatic rings. The van der Waals surface area contributed by atoms with E-state index in [-0.39, 0.29) is 17.5 Å². The van der Waals surface area contributed by atoms with Crippen molar-refractivity contribution in [2.45, 2.75) is 6.42 Å². The van der Waals surface area contributed by atoms with Crippen molar-refractivity contribution in [2.24, 2.45) is 0 Å². The molecule has 2 amide bonds. The maximum Gasteiger partial charge on any atom is 0.271 e. The Morgan fingerprint density at radius 2 is 1.56 bits per heavy atom. The lowest BCUT2D eigenvalue weighted by Gasteiger charge is -2.14. The first kappa shape index (κ1) is 20.0. The van der Waals surface area contributed by atoms with Crippen molar-refractivity contribution in [1.82, 2.24) is 20.6 Å². The molecule has 0 atom stereocenters. The number of nitrogens with one attached hydrogen (secondary N) is 2. The second kappa shape index (κ2) is 9.95. The smallest absolute Gasteiger partial charge is 0.271 e. The Labute approximate surface area is 157 Å². The van der Waals surface area contributed by atoms with Crippen LogP contribution >= 0.6 is 0 Å². The van der Waals surface area contributed by atoms with Crippen LogP contribution in [0.1, 0.15) is 27.3 Å². The summed E-state index contributed by atoms with van der Waals surface area (Å²) in [5.41, 5.74) is 0.632. The van der Waals surface area contributed by atoms with Gasteiger partial charge in [-0.3, -0.25) is 14.6 Å². The van der Waals surface area contributed by atoms with Gasteiger partial charge in [0.05, 0.1) is 27.5 Å². The molecule has 2 N–H and O–H groups in total. The maximum atomic E-state index is 12.3. The molecule has 1 heterocycles. The number of benzene rings is 1. The van der Waals surface area contributed by atoms with Gasteiger partial charge >= 0.3 is 0 Å². The molecule has 0 fully saturated rings. The van der Waals surface area contributed by atoms with Gasteiger partial charge in [0.25, 0.3) is 11.8 Å². The number of aromatic nitrogens is 2. The Kier molecular flexibility index (Phi) is 7.36. The SMILES string of the molecule is COc1cc(C(=O)NCCCNC(=O)c2cnccn2)cc(OC)c1OC. The highest BCUT2D eigenvalue weighted by molar-refractivity contribution is 5.95. The number of nitrogens with zero attached hydrogens (tertiary/aromatic N) is 2. The monoisotopic (exact) mass is 374 g/mol. The third-order valence-corrected chi connectivity index (χ3v) is 3.65.